The van der Waals surface area contributed by atoms with E-state index in [2.05, 4.69) is 10.3 Å². The average molecular weight is 373 g/mol. The Morgan fingerprint density at radius 3 is 2.92 bits per heavy atom. The van der Waals surface area contributed by atoms with Crippen molar-refractivity contribution >= 4 is 55.2 Å². The molecule has 0 atom stereocenters. The number of rotatable bonds is 3. The van der Waals surface area contributed by atoms with Crippen molar-refractivity contribution in [2.75, 3.05) is 12.4 Å². The van der Waals surface area contributed by atoms with Crippen LogP contribution in [0.3, 0.4) is 0 Å². The first-order chi connectivity index (χ1) is 12.0. The summed E-state index contributed by atoms with van der Waals surface area (Å²) in [5.41, 5.74) is 2.17. The lowest BCUT2D eigenvalue weighted by Crippen LogP contribution is -2.11. The number of anilines is 1. The number of carbonyl (C=O) groups is 1. The van der Waals surface area contributed by atoms with Gasteiger partial charge in [-0.3, -0.25) is 10.1 Å². The summed E-state index contributed by atoms with van der Waals surface area (Å²) in [5.74, 6) is 0.670. The molecule has 0 bridgehead atoms. The predicted molar refractivity (Wildman–Crippen MR) is 100 cm³/mol. The lowest BCUT2D eigenvalue weighted by Gasteiger charge is -1.98. The number of hydrogen-bond donors (Lipinski definition) is 1. The van der Waals surface area contributed by atoms with E-state index in [0.717, 1.165) is 26.9 Å². The second kappa shape index (κ2) is 6.06. The first-order valence-corrected chi connectivity index (χ1v) is 8.69. The molecule has 4 rings (SSSR count). The summed E-state index contributed by atoms with van der Waals surface area (Å²) in [6.07, 6.45) is 0. The SMILES string of the molecule is COc1ccc2nc(NC(=O)c3oc4ccc(Cl)cc4c3C)sc2c1. The number of fused-ring (bicyclic) bond motifs is 2. The van der Waals surface area contributed by atoms with Crippen molar-refractivity contribution in [3.63, 3.8) is 0 Å². The molecule has 0 radical (unpaired) electrons. The second-order valence-corrected chi connectivity index (χ2v) is 6.97. The zero-order valence-corrected chi connectivity index (χ0v) is 15.0. The van der Waals surface area contributed by atoms with E-state index >= 15 is 0 Å². The fraction of sp³-hybridized carbons (Fsp3) is 0.111. The molecule has 7 heteroatoms. The average Bonchev–Trinajstić information content (AvgIpc) is 3.14. The third-order valence-corrected chi connectivity index (χ3v) is 5.09. The van der Waals surface area contributed by atoms with Gasteiger partial charge >= 0.3 is 0 Å². The molecule has 1 amide bonds. The summed E-state index contributed by atoms with van der Waals surface area (Å²) in [5, 5.41) is 4.73. The van der Waals surface area contributed by atoms with Crippen LogP contribution in [0.5, 0.6) is 5.75 Å². The van der Waals surface area contributed by atoms with Gasteiger partial charge in [-0.25, -0.2) is 4.98 Å². The quantitative estimate of drug-likeness (QED) is 0.532. The van der Waals surface area contributed by atoms with Crippen molar-refractivity contribution < 1.29 is 13.9 Å². The Morgan fingerprint density at radius 1 is 1.28 bits per heavy atom. The minimum absolute atomic E-state index is 0.258. The van der Waals surface area contributed by atoms with Crippen molar-refractivity contribution in [2.24, 2.45) is 0 Å². The minimum Gasteiger partial charge on any atom is -0.497 e. The molecule has 1 N–H and O–H groups in total. The second-order valence-electron chi connectivity index (χ2n) is 5.50. The highest BCUT2D eigenvalue weighted by molar-refractivity contribution is 7.22. The van der Waals surface area contributed by atoms with Crippen molar-refractivity contribution in [3.05, 3.63) is 52.7 Å². The van der Waals surface area contributed by atoms with E-state index in [9.17, 15) is 4.79 Å². The Morgan fingerprint density at radius 2 is 2.12 bits per heavy atom. The number of aromatic nitrogens is 1. The molecular formula is C18H13ClN2O3S. The molecule has 2 aromatic carbocycles. The van der Waals surface area contributed by atoms with Crippen LogP contribution in [-0.4, -0.2) is 18.0 Å². The molecule has 126 valence electrons. The number of carbonyl (C=O) groups excluding carboxylic acids is 1. The number of furan rings is 1. The smallest absolute Gasteiger partial charge is 0.293 e. The van der Waals surface area contributed by atoms with Gasteiger partial charge in [-0.2, -0.15) is 0 Å². The molecule has 25 heavy (non-hydrogen) atoms. The third kappa shape index (κ3) is 2.83. The topological polar surface area (TPSA) is 64.4 Å². The Bertz CT molecular complexity index is 1120. The summed E-state index contributed by atoms with van der Waals surface area (Å²) in [4.78, 5) is 17.0. The summed E-state index contributed by atoms with van der Waals surface area (Å²) in [6, 6.07) is 10.9. The molecule has 0 aliphatic rings. The van der Waals surface area contributed by atoms with Crippen molar-refractivity contribution in [3.8, 4) is 5.75 Å². The van der Waals surface area contributed by atoms with Gasteiger partial charge in [-0.05, 0) is 43.3 Å². The molecule has 0 spiro atoms. The third-order valence-electron chi connectivity index (χ3n) is 3.92. The Hall–Kier alpha value is -2.57. The van der Waals surface area contributed by atoms with Crippen LogP contribution in [-0.2, 0) is 0 Å². The van der Waals surface area contributed by atoms with Gasteiger partial charge in [0.2, 0.25) is 0 Å². The molecule has 0 saturated carbocycles. The van der Waals surface area contributed by atoms with Gasteiger partial charge in [-0.15, -0.1) is 0 Å². The molecule has 2 heterocycles. The Kier molecular flexibility index (Phi) is 3.86. The highest BCUT2D eigenvalue weighted by Gasteiger charge is 2.19. The van der Waals surface area contributed by atoms with Gasteiger partial charge in [0.15, 0.2) is 10.9 Å². The van der Waals surface area contributed by atoms with Gasteiger partial charge in [0.25, 0.3) is 5.91 Å². The van der Waals surface area contributed by atoms with Crippen LogP contribution in [0.4, 0.5) is 5.13 Å². The van der Waals surface area contributed by atoms with Gasteiger partial charge < -0.3 is 9.15 Å². The molecule has 0 saturated heterocycles. The van der Waals surface area contributed by atoms with Crippen LogP contribution in [0.1, 0.15) is 16.1 Å². The fourth-order valence-electron chi connectivity index (χ4n) is 2.65. The molecular weight excluding hydrogens is 360 g/mol. The summed E-state index contributed by atoms with van der Waals surface area (Å²) in [7, 11) is 1.61. The van der Waals surface area contributed by atoms with E-state index in [1.54, 1.807) is 25.3 Å². The van der Waals surface area contributed by atoms with Gasteiger partial charge in [-0.1, -0.05) is 22.9 Å². The van der Waals surface area contributed by atoms with E-state index in [-0.39, 0.29) is 11.7 Å². The normalized spacial score (nSPS) is 11.2. The molecule has 4 aromatic rings. The molecule has 0 unspecified atom stereocenters. The molecule has 0 fully saturated rings. The van der Waals surface area contributed by atoms with Crippen molar-refractivity contribution in [1.29, 1.82) is 0 Å². The fourth-order valence-corrected chi connectivity index (χ4v) is 3.71. The van der Waals surface area contributed by atoms with Crippen LogP contribution in [0.15, 0.2) is 40.8 Å². The first-order valence-electron chi connectivity index (χ1n) is 7.50. The predicted octanol–water partition coefficient (Wildman–Crippen LogP) is 5.27. The number of thiazole rings is 1. The van der Waals surface area contributed by atoms with Crippen molar-refractivity contribution in [2.45, 2.75) is 6.92 Å². The van der Waals surface area contributed by atoms with Crippen LogP contribution < -0.4 is 10.1 Å². The first kappa shape index (κ1) is 15.9. The molecule has 2 aromatic heterocycles. The summed E-state index contributed by atoms with van der Waals surface area (Å²) >= 11 is 7.40. The highest BCUT2D eigenvalue weighted by Crippen LogP contribution is 2.31. The highest BCUT2D eigenvalue weighted by atomic mass is 35.5. The van der Waals surface area contributed by atoms with Crippen molar-refractivity contribution in [1.82, 2.24) is 4.98 Å². The number of ether oxygens (including phenoxy) is 1. The molecule has 5 nitrogen and oxygen atoms in total. The summed E-state index contributed by atoms with van der Waals surface area (Å²) in [6.45, 7) is 1.83. The largest absolute Gasteiger partial charge is 0.497 e. The molecule has 0 aliphatic heterocycles. The van der Waals surface area contributed by atoms with Crippen LogP contribution in [0, 0.1) is 6.92 Å². The van der Waals surface area contributed by atoms with E-state index in [1.807, 2.05) is 25.1 Å². The number of amides is 1. The zero-order valence-electron chi connectivity index (χ0n) is 13.4. The molecule has 0 aliphatic carbocycles. The lowest BCUT2D eigenvalue weighted by molar-refractivity contribution is 0.0998. The van der Waals surface area contributed by atoms with Gasteiger partial charge in [0.1, 0.15) is 11.3 Å². The Labute approximate surface area is 152 Å². The number of nitrogens with one attached hydrogen (secondary N) is 1. The van der Waals surface area contributed by atoms with E-state index in [0.29, 0.717) is 15.7 Å². The summed E-state index contributed by atoms with van der Waals surface area (Å²) < 4.78 is 11.8. The number of benzene rings is 2. The van der Waals surface area contributed by atoms with E-state index in [4.69, 9.17) is 20.8 Å². The van der Waals surface area contributed by atoms with Gasteiger partial charge in [0.05, 0.1) is 17.3 Å². The number of hydrogen-bond acceptors (Lipinski definition) is 5. The van der Waals surface area contributed by atoms with Crippen LogP contribution in [0.2, 0.25) is 5.02 Å². The number of nitrogens with zero attached hydrogens (tertiary/aromatic N) is 1. The number of halogens is 1. The standard InChI is InChI=1S/C18H13ClN2O3S/c1-9-12-7-10(19)3-6-14(12)24-16(9)17(22)21-18-20-13-5-4-11(23-2)8-15(13)25-18/h3-8H,1-2H3,(H,20,21,22). The monoisotopic (exact) mass is 372 g/mol. The van der Waals surface area contributed by atoms with Crippen LogP contribution >= 0.6 is 22.9 Å². The van der Waals surface area contributed by atoms with E-state index in [1.165, 1.54) is 11.3 Å². The van der Waals surface area contributed by atoms with E-state index < -0.39 is 0 Å². The van der Waals surface area contributed by atoms with Gasteiger partial charge in [0, 0.05) is 16.0 Å². The minimum atomic E-state index is -0.337. The lowest BCUT2D eigenvalue weighted by atomic mass is 10.1. The maximum atomic E-state index is 12.6. The maximum absolute atomic E-state index is 12.6. The zero-order chi connectivity index (χ0) is 17.6. The number of aryl methyl sites for hydroxylation is 1. The van der Waals surface area contributed by atoms with Crippen LogP contribution in [0.25, 0.3) is 21.2 Å². The Balaban J connectivity index is 1.67. The maximum Gasteiger partial charge on any atom is 0.293 e. The number of methoxy groups -OCH3 is 1.